The highest BCUT2D eigenvalue weighted by Crippen LogP contribution is 2.34. The number of likely N-dealkylation sites (tertiary alicyclic amines) is 1. The summed E-state index contributed by atoms with van der Waals surface area (Å²) >= 11 is 5.41. The number of aromatic nitrogens is 2. The Hall–Kier alpha value is -2.48. The van der Waals surface area contributed by atoms with Crippen LogP contribution in [0.25, 0.3) is 0 Å². The fourth-order valence-corrected chi connectivity index (χ4v) is 3.56. The van der Waals surface area contributed by atoms with E-state index >= 15 is 0 Å². The zero-order chi connectivity index (χ0) is 21.2. The van der Waals surface area contributed by atoms with Crippen LogP contribution in [0, 0.1) is 12.7 Å². The summed E-state index contributed by atoms with van der Waals surface area (Å²) in [6.45, 7) is 7.73. The van der Waals surface area contributed by atoms with Crippen molar-refractivity contribution in [3.63, 3.8) is 0 Å². The van der Waals surface area contributed by atoms with Gasteiger partial charge in [0.15, 0.2) is 0 Å². The Morgan fingerprint density at radius 1 is 1.38 bits per heavy atom. The largest absolute Gasteiger partial charge is 0.460 e. The first-order valence-corrected chi connectivity index (χ1v) is 10.0. The van der Waals surface area contributed by atoms with Crippen LogP contribution < -0.4 is 0 Å². The lowest BCUT2D eigenvalue weighted by atomic mass is 9.99. The third-order valence-electron chi connectivity index (χ3n) is 4.74. The maximum Gasteiger partial charge on any atom is 0.410 e. The lowest BCUT2D eigenvalue weighted by Crippen LogP contribution is -2.43. The molecule has 1 amide bonds. The summed E-state index contributed by atoms with van der Waals surface area (Å²) in [5.41, 5.74) is 0.555. The molecule has 6 nitrogen and oxygen atoms in total. The second kappa shape index (κ2) is 8.49. The number of ether oxygens (including phenoxy) is 2. The smallest absolute Gasteiger partial charge is 0.410 e. The highest BCUT2D eigenvalue weighted by Gasteiger charge is 2.39. The predicted octanol–water partition coefficient (Wildman–Crippen LogP) is 4.62. The second-order valence-corrected chi connectivity index (χ2v) is 8.52. The Balaban J connectivity index is 1.91. The van der Waals surface area contributed by atoms with Crippen LogP contribution in [0.3, 0.4) is 0 Å². The van der Waals surface area contributed by atoms with Gasteiger partial charge in [0.1, 0.15) is 23.8 Å². The van der Waals surface area contributed by atoms with Crippen molar-refractivity contribution in [3.05, 3.63) is 53.9 Å². The fourth-order valence-electron chi connectivity index (χ4n) is 3.35. The van der Waals surface area contributed by atoms with E-state index in [2.05, 4.69) is 4.98 Å². The van der Waals surface area contributed by atoms with Gasteiger partial charge in [-0.2, -0.15) is 0 Å². The molecule has 156 valence electrons. The van der Waals surface area contributed by atoms with E-state index in [1.165, 1.54) is 12.4 Å². The molecule has 0 bridgehead atoms. The molecule has 1 aliphatic heterocycles. The monoisotopic (exact) mass is 419 g/mol. The summed E-state index contributed by atoms with van der Waals surface area (Å²) in [5, 5.41) is 0.185. The molecule has 3 rings (SSSR count). The van der Waals surface area contributed by atoms with Crippen LogP contribution in [0.4, 0.5) is 9.18 Å². The van der Waals surface area contributed by atoms with Crippen LogP contribution in [0.1, 0.15) is 50.8 Å². The summed E-state index contributed by atoms with van der Waals surface area (Å²) in [5.74, 6) is -0.327. The second-order valence-electron chi connectivity index (χ2n) is 8.17. The molecule has 0 unspecified atom stereocenters. The standard InChI is InChI=1S/C21H26FN3O3S/c1-14-7-8-15(12-16(14)22)18(27-20(29)24-11-9-23-13-24)17-6-5-10-25(17)19(26)28-21(2,3)4/h7-9,11-13,17-18H,5-6,10H2,1-4H3/t17-,18+/m0/s1. The third-order valence-corrected chi connectivity index (χ3v) is 5.05. The van der Waals surface area contributed by atoms with E-state index in [1.54, 1.807) is 34.9 Å². The molecular weight excluding hydrogens is 393 g/mol. The SMILES string of the molecule is Cc1ccc([C@@H](OC(=S)n2ccnc2)[C@@H]2CCCN2C(=O)OC(C)(C)C)cc1F. The molecular formula is C21H26FN3O3S. The minimum absolute atomic E-state index is 0.185. The molecule has 2 aromatic rings. The average molecular weight is 420 g/mol. The predicted molar refractivity (Wildman–Crippen MR) is 111 cm³/mol. The number of amides is 1. The number of thiocarbonyl (C=S) groups is 1. The topological polar surface area (TPSA) is 56.6 Å². The summed E-state index contributed by atoms with van der Waals surface area (Å²) in [7, 11) is 0. The molecule has 0 spiro atoms. The zero-order valence-corrected chi connectivity index (χ0v) is 17.9. The normalized spacial score (nSPS) is 17.8. The number of rotatable bonds is 3. The van der Waals surface area contributed by atoms with Gasteiger partial charge >= 0.3 is 6.09 Å². The van der Waals surface area contributed by atoms with Crippen LogP contribution in [-0.4, -0.2) is 43.9 Å². The number of carbonyl (C=O) groups is 1. The highest BCUT2D eigenvalue weighted by molar-refractivity contribution is 7.80. The lowest BCUT2D eigenvalue weighted by Gasteiger charge is -2.33. The minimum atomic E-state index is -0.630. The highest BCUT2D eigenvalue weighted by atomic mass is 32.1. The number of benzene rings is 1. The maximum atomic E-state index is 14.3. The van der Waals surface area contributed by atoms with Gasteiger partial charge in [0.2, 0.25) is 0 Å². The third kappa shape index (κ3) is 5.12. The molecule has 0 aliphatic carbocycles. The Morgan fingerprint density at radius 2 is 2.14 bits per heavy atom. The minimum Gasteiger partial charge on any atom is -0.460 e. The molecule has 0 radical (unpaired) electrons. The van der Waals surface area contributed by atoms with Crippen molar-refractivity contribution in [2.75, 3.05) is 6.54 Å². The quantitative estimate of drug-likeness (QED) is 0.680. The summed E-state index contributed by atoms with van der Waals surface area (Å²) in [4.78, 5) is 18.4. The van der Waals surface area contributed by atoms with Crippen molar-refractivity contribution >= 4 is 23.5 Å². The van der Waals surface area contributed by atoms with Gasteiger partial charge in [-0.3, -0.25) is 4.57 Å². The number of hydrogen-bond acceptors (Lipinski definition) is 5. The Labute approximate surface area is 175 Å². The Bertz CT molecular complexity index is 880. The first-order chi connectivity index (χ1) is 13.7. The van der Waals surface area contributed by atoms with Crippen LogP contribution in [0.15, 0.2) is 36.9 Å². The molecule has 1 saturated heterocycles. The van der Waals surface area contributed by atoms with Gasteiger partial charge < -0.3 is 14.4 Å². The molecule has 8 heteroatoms. The number of carbonyl (C=O) groups excluding carboxylic acids is 1. The van der Waals surface area contributed by atoms with Gasteiger partial charge in [-0.15, -0.1) is 0 Å². The molecule has 2 atom stereocenters. The van der Waals surface area contributed by atoms with E-state index in [1.807, 2.05) is 26.8 Å². The van der Waals surface area contributed by atoms with Crippen LogP contribution in [0.5, 0.6) is 0 Å². The van der Waals surface area contributed by atoms with Crippen molar-refractivity contribution in [3.8, 4) is 0 Å². The van der Waals surface area contributed by atoms with Crippen LogP contribution >= 0.6 is 12.2 Å². The van der Waals surface area contributed by atoms with Gasteiger partial charge in [0, 0.05) is 18.9 Å². The molecule has 0 N–H and O–H groups in total. The van der Waals surface area contributed by atoms with E-state index in [0.717, 1.165) is 6.42 Å². The van der Waals surface area contributed by atoms with E-state index in [-0.39, 0.29) is 17.0 Å². The van der Waals surface area contributed by atoms with Crippen molar-refractivity contribution in [1.29, 1.82) is 0 Å². The molecule has 1 fully saturated rings. The first-order valence-electron chi connectivity index (χ1n) is 9.60. The Kier molecular flexibility index (Phi) is 6.21. The number of imidazole rings is 1. The summed E-state index contributed by atoms with van der Waals surface area (Å²) in [6, 6.07) is 4.63. The van der Waals surface area contributed by atoms with Gasteiger partial charge in [-0.1, -0.05) is 12.1 Å². The van der Waals surface area contributed by atoms with Gasteiger partial charge in [-0.05, 0) is 69.9 Å². The number of aryl methyl sites for hydroxylation is 1. The van der Waals surface area contributed by atoms with Crippen molar-refractivity contribution in [2.24, 2.45) is 0 Å². The van der Waals surface area contributed by atoms with E-state index < -0.39 is 17.8 Å². The van der Waals surface area contributed by atoms with E-state index in [4.69, 9.17) is 21.7 Å². The molecule has 0 saturated carbocycles. The molecule has 1 aromatic carbocycles. The number of hydrogen-bond donors (Lipinski definition) is 0. The molecule has 1 aliphatic rings. The Morgan fingerprint density at radius 3 is 2.76 bits per heavy atom. The first kappa shape index (κ1) is 21.2. The number of nitrogens with zero attached hydrogens (tertiary/aromatic N) is 3. The zero-order valence-electron chi connectivity index (χ0n) is 17.1. The summed E-state index contributed by atoms with van der Waals surface area (Å²) in [6.07, 6.45) is 5.27. The average Bonchev–Trinajstić information content (AvgIpc) is 3.32. The van der Waals surface area contributed by atoms with Gasteiger partial charge in [0.05, 0.1) is 6.04 Å². The van der Waals surface area contributed by atoms with Crippen LogP contribution in [-0.2, 0) is 9.47 Å². The van der Waals surface area contributed by atoms with Crippen LogP contribution in [0.2, 0.25) is 0 Å². The van der Waals surface area contributed by atoms with Gasteiger partial charge in [-0.25, -0.2) is 14.2 Å². The number of halogens is 1. The lowest BCUT2D eigenvalue weighted by molar-refractivity contribution is 0.00706. The van der Waals surface area contributed by atoms with Crippen molar-refractivity contribution in [2.45, 2.75) is 58.3 Å². The van der Waals surface area contributed by atoms with Crippen molar-refractivity contribution < 1.29 is 18.7 Å². The molecule has 29 heavy (non-hydrogen) atoms. The van der Waals surface area contributed by atoms with E-state index in [9.17, 15) is 9.18 Å². The van der Waals surface area contributed by atoms with Gasteiger partial charge in [0.25, 0.3) is 5.17 Å². The maximum absolute atomic E-state index is 14.3. The van der Waals surface area contributed by atoms with E-state index in [0.29, 0.717) is 24.1 Å². The molecule has 2 heterocycles. The van der Waals surface area contributed by atoms with Crippen molar-refractivity contribution in [1.82, 2.24) is 14.5 Å². The molecule has 1 aromatic heterocycles. The fraction of sp³-hybridized carbons (Fsp3) is 0.476. The summed E-state index contributed by atoms with van der Waals surface area (Å²) < 4.78 is 27.6.